The first-order valence-electron chi connectivity index (χ1n) is 6.19. The van der Waals surface area contributed by atoms with Gasteiger partial charge in [0.25, 0.3) is 5.91 Å². The Kier molecular flexibility index (Phi) is 5.26. The van der Waals surface area contributed by atoms with Gasteiger partial charge in [0, 0.05) is 22.8 Å². The standard InChI is InChI=1S/C14H12BrF2N3O2/c15-9-5-10(12(13(18)21)20-7-9)19-6-8-3-1-2-4-11(8)22-14(16)17/h1-5,7,14,19H,6H2,(H2,18,21). The van der Waals surface area contributed by atoms with Crippen LogP contribution in [-0.2, 0) is 6.54 Å². The van der Waals surface area contributed by atoms with Crippen molar-refractivity contribution in [3.8, 4) is 5.75 Å². The minimum atomic E-state index is -2.91. The van der Waals surface area contributed by atoms with Crippen molar-refractivity contribution < 1.29 is 18.3 Å². The van der Waals surface area contributed by atoms with Gasteiger partial charge in [-0.05, 0) is 28.1 Å². The fourth-order valence-electron chi connectivity index (χ4n) is 1.82. The summed E-state index contributed by atoms with van der Waals surface area (Å²) >= 11 is 3.24. The molecule has 0 aliphatic rings. The zero-order valence-electron chi connectivity index (χ0n) is 11.2. The van der Waals surface area contributed by atoms with Crippen LogP contribution in [0.1, 0.15) is 16.1 Å². The molecular formula is C14H12BrF2N3O2. The Hall–Kier alpha value is -2.22. The number of amides is 1. The molecule has 0 aliphatic heterocycles. The van der Waals surface area contributed by atoms with Crippen LogP contribution in [0.3, 0.4) is 0 Å². The third kappa shape index (κ3) is 4.14. The molecule has 3 N–H and O–H groups in total. The highest BCUT2D eigenvalue weighted by Gasteiger charge is 2.12. The van der Waals surface area contributed by atoms with Gasteiger partial charge >= 0.3 is 6.61 Å². The molecule has 1 aromatic carbocycles. The molecule has 0 unspecified atom stereocenters. The fraction of sp³-hybridized carbons (Fsp3) is 0.143. The molecular weight excluding hydrogens is 360 g/mol. The van der Waals surface area contributed by atoms with E-state index in [-0.39, 0.29) is 18.0 Å². The number of halogens is 3. The molecule has 0 bridgehead atoms. The third-order valence-electron chi connectivity index (χ3n) is 2.75. The highest BCUT2D eigenvalue weighted by atomic mass is 79.9. The number of para-hydroxylation sites is 1. The molecule has 0 aliphatic carbocycles. The summed E-state index contributed by atoms with van der Waals surface area (Å²) in [4.78, 5) is 15.3. The smallest absolute Gasteiger partial charge is 0.387 e. The summed E-state index contributed by atoms with van der Waals surface area (Å²) in [7, 11) is 0. The SMILES string of the molecule is NC(=O)c1ncc(Br)cc1NCc1ccccc1OC(F)F. The maximum atomic E-state index is 12.4. The van der Waals surface area contributed by atoms with Crippen LogP contribution in [-0.4, -0.2) is 17.5 Å². The molecule has 116 valence electrons. The van der Waals surface area contributed by atoms with Crippen LogP contribution in [0.5, 0.6) is 5.75 Å². The number of nitrogens with two attached hydrogens (primary N) is 1. The second kappa shape index (κ2) is 7.17. The van der Waals surface area contributed by atoms with E-state index in [4.69, 9.17) is 5.73 Å². The zero-order valence-corrected chi connectivity index (χ0v) is 12.8. The molecule has 1 amide bonds. The highest BCUT2D eigenvalue weighted by molar-refractivity contribution is 9.10. The number of nitrogens with zero attached hydrogens (tertiary/aromatic N) is 1. The number of nitrogens with one attached hydrogen (secondary N) is 1. The lowest BCUT2D eigenvalue weighted by atomic mass is 10.2. The maximum absolute atomic E-state index is 12.4. The zero-order chi connectivity index (χ0) is 16.1. The first kappa shape index (κ1) is 16.2. The number of hydrogen-bond donors (Lipinski definition) is 2. The number of hydrogen-bond acceptors (Lipinski definition) is 4. The Morgan fingerprint density at radius 1 is 1.41 bits per heavy atom. The van der Waals surface area contributed by atoms with Gasteiger partial charge in [-0.15, -0.1) is 0 Å². The molecule has 0 saturated carbocycles. The van der Waals surface area contributed by atoms with E-state index in [9.17, 15) is 13.6 Å². The van der Waals surface area contributed by atoms with Crippen molar-refractivity contribution in [3.05, 3.63) is 52.3 Å². The molecule has 22 heavy (non-hydrogen) atoms. The van der Waals surface area contributed by atoms with Crippen LogP contribution in [0.25, 0.3) is 0 Å². The van der Waals surface area contributed by atoms with Crippen LogP contribution in [0, 0.1) is 0 Å². The minimum absolute atomic E-state index is 0.0635. The average Bonchev–Trinajstić information content (AvgIpc) is 2.45. The van der Waals surface area contributed by atoms with Gasteiger partial charge in [0.15, 0.2) is 5.69 Å². The van der Waals surface area contributed by atoms with Gasteiger partial charge in [0.05, 0.1) is 5.69 Å². The molecule has 0 fully saturated rings. The lowest BCUT2D eigenvalue weighted by Crippen LogP contribution is -2.16. The first-order chi connectivity index (χ1) is 10.5. The van der Waals surface area contributed by atoms with Crippen molar-refractivity contribution in [3.63, 3.8) is 0 Å². The predicted octanol–water partition coefficient (Wildman–Crippen LogP) is 3.16. The highest BCUT2D eigenvalue weighted by Crippen LogP contribution is 2.23. The van der Waals surface area contributed by atoms with Crippen LogP contribution >= 0.6 is 15.9 Å². The van der Waals surface area contributed by atoms with Gasteiger partial charge in [-0.3, -0.25) is 4.79 Å². The maximum Gasteiger partial charge on any atom is 0.387 e. The molecule has 1 heterocycles. The molecule has 0 saturated heterocycles. The minimum Gasteiger partial charge on any atom is -0.434 e. The second-order valence-electron chi connectivity index (χ2n) is 4.25. The summed E-state index contributed by atoms with van der Waals surface area (Å²) in [6.07, 6.45) is 1.44. The lowest BCUT2D eigenvalue weighted by Gasteiger charge is -2.13. The number of pyridine rings is 1. The van der Waals surface area contributed by atoms with Crippen LogP contribution in [0.2, 0.25) is 0 Å². The number of rotatable bonds is 6. The van der Waals surface area contributed by atoms with E-state index >= 15 is 0 Å². The van der Waals surface area contributed by atoms with E-state index in [0.29, 0.717) is 15.7 Å². The monoisotopic (exact) mass is 371 g/mol. The Labute approximate surface area is 133 Å². The molecule has 8 heteroatoms. The third-order valence-corrected chi connectivity index (χ3v) is 3.18. The van der Waals surface area contributed by atoms with Gasteiger partial charge in [-0.2, -0.15) is 8.78 Å². The van der Waals surface area contributed by atoms with Crippen LogP contribution in [0.4, 0.5) is 14.5 Å². The lowest BCUT2D eigenvalue weighted by molar-refractivity contribution is -0.0504. The molecule has 0 spiro atoms. The van der Waals surface area contributed by atoms with Crippen molar-refractivity contribution in [2.45, 2.75) is 13.2 Å². The number of ether oxygens (including phenoxy) is 1. The van der Waals surface area contributed by atoms with E-state index in [1.807, 2.05) is 0 Å². The number of anilines is 1. The summed E-state index contributed by atoms with van der Waals surface area (Å²) in [6.45, 7) is -2.74. The molecule has 0 atom stereocenters. The number of carbonyl (C=O) groups is 1. The van der Waals surface area contributed by atoms with Gasteiger partial charge in [0.1, 0.15) is 5.75 Å². The molecule has 2 rings (SSSR count). The van der Waals surface area contributed by atoms with Crippen molar-refractivity contribution in [2.75, 3.05) is 5.32 Å². The summed E-state index contributed by atoms with van der Waals surface area (Å²) in [6, 6.07) is 8.00. The van der Waals surface area contributed by atoms with Crippen LogP contribution < -0.4 is 15.8 Å². The topological polar surface area (TPSA) is 77.2 Å². The number of alkyl halides is 2. The Bertz CT molecular complexity index is 683. The van der Waals surface area contributed by atoms with E-state index in [1.165, 1.54) is 12.3 Å². The van der Waals surface area contributed by atoms with Gasteiger partial charge in [-0.25, -0.2) is 4.98 Å². The Morgan fingerprint density at radius 3 is 2.82 bits per heavy atom. The number of aromatic nitrogens is 1. The van der Waals surface area contributed by atoms with Crippen molar-refractivity contribution in [1.82, 2.24) is 4.98 Å². The number of benzene rings is 1. The largest absolute Gasteiger partial charge is 0.434 e. The summed E-state index contributed by atoms with van der Waals surface area (Å²) in [5.41, 5.74) is 6.22. The van der Waals surface area contributed by atoms with E-state index in [1.54, 1.807) is 24.3 Å². The molecule has 2 aromatic rings. The summed E-state index contributed by atoms with van der Waals surface area (Å²) < 4.78 is 29.8. The summed E-state index contributed by atoms with van der Waals surface area (Å²) in [5, 5.41) is 2.95. The van der Waals surface area contributed by atoms with E-state index < -0.39 is 12.5 Å². The van der Waals surface area contributed by atoms with Crippen molar-refractivity contribution in [2.24, 2.45) is 5.73 Å². The first-order valence-corrected chi connectivity index (χ1v) is 6.98. The Morgan fingerprint density at radius 2 is 2.14 bits per heavy atom. The average molecular weight is 372 g/mol. The van der Waals surface area contributed by atoms with Crippen molar-refractivity contribution >= 4 is 27.5 Å². The molecule has 0 radical (unpaired) electrons. The fourth-order valence-corrected chi connectivity index (χ4v) is 2.15. The van der Waals surface area contributed by atoms with Crippen molar-refractivity contribution in [1.29, 1.82) is 0 Å². The second-order valence-corrected chi connectivity index (χ2v) is 5.17. The predicted molar refractivity (Wildman–Crippen MR) is 80.9 cm³/mol. The van der Waals surface area contributed by atoms with E-state index in [2.05, 4.69) is 31.0 Å². The molecule has 5 nitrogen and oxygen atoms in total. The van der Waals surface area contributed by atoms with E-state index in [0.717, 1.165) is 0 Å². The van der Waals surface area contributed by atoms with Gasteiger partial charge in [0.2, 0.25) is 0 Å². The summed E-state index contributed by atoms with van der Waals surface area (Å²) in [5.74, 6) is -0.624. The van der Waals surface area contributed by atoms with Gasteiger partial charge in [-0.1, -0.05) is 18.2 Å². The quantitative estimate of drug-likeness (QED) is 0.817. The Balaban J connectivity index is 2.20. The molecule has 1 aromatic heterocycles. The normalized spacial score (nSPS) is 10.5. The number of primary amides is 1. The van der Waals surface area contributed by atoms with Gasteiger partial charge < -0.3 is 15.8 Å². The van der Waals surface area contributed by atoms with Crippen LogP contribution in [0.15, 0.2) is 41.0 Å². The number of carbonyl (C=O) groups excluding carboxylic acids is 1.